The van der Waals surface area contributed by atoms with Crippen molar-refractivity contribution >= 4 is 5.97 Å². The third kappa shape index (κ3) is 2.90. The molecule has 0 aliphatic carbocycles. The van der Waals surface area contributed by atoms with Crippen molar-refractivity contribution in [3.8, 4) is 0 Å². The number of hydrogen-bond acceptors (Lipinski definition) is 4. The van der Waals surface area contributed by atoms with Crippen LogP contribution in [-0.2, 0) is 23.0 Å². The molecule has 1 aromatic heterocycles. The summed E-state index contributed by atoms with van der Waals surface area (Å²) >= 11 is 0. The average Bonchev–Trinajstić information content (AvgIpc) is 2.69. The second kappa shape index (κ2) is 6.00. The Balaban J connectivity index is 3.08. The number of ether oxygens (including phenoxy) is 1. The molecule has 0 radical (unpaired) electrons. The summed E-state index contributed by atoms with van der Waals surface area (Å²) in [4.78, 5) is 11.8. The second-order valence-electron chi connectivity index (χ2n) is 4.80. The molecule has 0 fully saturated rings. The normalized spacial score (nSPS) is 14.6. The summed E-state index contributed by atoms with van der Waals surface area (Å²) in [5.41, 5.74) is 1.53. The van der Waals surface area contributed by atoms with E-state index in [9.17, 15) is 9.90 Å². The van der Waals surface area contributed by atoms with Gasteiger partial charge in [-0.1, -0.05) is 20.8 Å². The van der Waals surface area contributed by atoms with Crippen molar-refractivity contribution in [3.05, 3.63) is 17.5 Å². The maximum atomic E-state index is 11.8. The van der Waals surface area contributed by atoms with Gasteiger partial charge in [-0.05, 0) is 12.3 Å². The highest BCUT2D eigenvalue weighted by molar-refractivity contribution is 5.73. The van der Waals surface area contributed by atoms with Crippen LogP contribution < -0.4 is 0 Å². The molecule has 18 heavy (non-hydrogen) atoms. The molecule has 0 bridgehead atoms. The van der Waals surface area contributed by atoms with Crippen molar-refractivity contribution in [2.24, 2.45) is 18.9 Å². The first-order chi connectivity index (χ1) is 8.42. The Morgan fingerprint density at radius 2 is 2.17 bits per heavy atom. The highest BCUT2D eigenvalue weighted by Crippen LogP contribution is 2.30. The highest BCUT2D eigenvalue weighted by atomic mass is 16.5. The molecule has 102 valence electrons. The Morgan fingerprint density at radius 3 is 2.61 bits per heavy atom. The number of rotatable bonds is 5. The lowest BCUT2D eigenvalue weighted by Crippen LogP contribution is -2.28. The quantitative estimate of drug-likeness (QED) is 0.808. The van der Waals surface area contributed by atoms with Gasteiger partial charge in [-0.25, -0.2) is 0 Å². The molecular weight excluding hydrogens is 232 g/mol. The monoisotopic (exact) mass is 254 g/mol. The van der Waals surface area contributed by atoms with E-state index in [2.05, 4.69) is 5.10 Å². The van der Waals surface area contributed by atoms with Crippen LogP contribution in [0.4, 0.5) is 0 Å². The van der Waals surface area contributed by atoms with Gasteiger partial charge >= 0.3 is 5.97 Å². The van der Waals surface area contributed by atoms with E-state index in [-0.39, 0.29) is 11.9 Å². The first-order valence-electron chi connectivity index (χ1n) is 6.20. The van der Waals surface area contributed by atoms with Gasteiger partial charge in [0.05, 0.1) is 24.8 Å². The molecule has 0 saturated carbocycles. The van der Waals surface area contributed by atoms with Crippen LogP contribution in [0.25, 0.3) is 0 Å². The van der Waals surface area contributed by atoms with Crippen LogP contribution in [0.3, 0.4) is 0 Å². The predicted octanol–water partition coefficient (Wildman–Crippen LogP) is 1.46. The smallest absolute Gasteiger partial charge is 0.311 e. The minimum absolute atomic E-state index is 0.00244. The SMILES string of the molecule is CCc1nn(C)cc1C(O)C(C(=O)OC)C(C)C. The highest BCUT2D eigenvalue weighted by Gasteiger charge is 2.33. The molecular formula is C13H22N2O3. The van der Waals surface area contributed by atoms with Gasteiger partial charge in [-0.3, -0.25) is 9.48 Å². The van der Waals surface area contributed by atoms with Crippen LogP contribution in [0, 0.1) is 11.8 Å². The Bertz CT molecular complexity index is 412. The fraction of sp³-hybridized carbons (Fsp3) is 0.692. The summed E-state index contributed by atoms with van der Waals surface area (Å²) < 4.78 is 6.43. The Morgan fingerprint density at radius 1 is 1.56 bits per heavy atom. The number of aromatic nitrogens is 2. The average molecular weight is 254 g/mol. The molecule has 1 rings (SSSR count). The van der Waals surface area contributed by atoms with Crippen molar-refractivity contribution in [1.29, 1.82) is 0 Å². The summed E-state index contributed by atoms with van der Waals surface area (Å²) in [5, 5.41) is 14.7. The van der Waals surface area contributed by atoms with Crippen LogP contribution in [0.1, 0.15) is 38.1 Å². The number of carbonyl (C=O) groups excluding carboxylic acids is 1. The molecule has 0 aliphatic heterocycles. The minimum atomic E-state index is -0.874. The molecule has 5 nitrogen and oxygen atoms in total. The van der Waals surface area contributed by atoms with Gasteiger partial charge in [-0.2, -0.15) is 5.10 Å². The van der Waals surface area contributed by atoms with E-state index < -0.39 is 12.0 Å². The Hall–Kier alpha value is -1.36. The van der Waals surface area contributed by atoms with Gasteiger partial charge in [0.15, 0.2) is 0 Å². The molecule has 2 unspecified atom stereocenters. The summed E-state index contributed by atoms with van der Waals surface area (Å²) in [6, 6.07) is 0. The van der Waals surface area contributed by atoms with Gasteiger partial charge in [0.1, 0.15) is 0 Å². The van der Waals surface area contributed by atoms with E-state index >= 15 is 0 Å². The van der Waals surface area contributed by atoms with Gasteiger partial charge in [-0.15, -0.1) is 0 Å². The summed E-state index contributed by atoms with van der Waals surface area (Å²) in [6.45, 7) is 5.76. The van der Waals surface area contributed by atoms with Crippen LogP contribution in [0.15, 0.2) is 6.20 Å². The van der Waals surface area contributed by atoms with Crippen molar-refractivity contribution < 1.29 is 14.6 Å². The van der Waals surface area contributed by atoms with Crippen molar-refractivity contribution in [2.45, 2.75) is 33.3 Å². The lowest BCUT2D eigenvalue weighted by molar-refractivity contribution is -0.152. The number of aryl methyl sites for hydroxylation is 2. The third-order valence-electron chi connectivity index (χ3n) is 3.12. The number of aliphatic hydroxyl groups is 1. The van der Waals surface area contributed by atoms with Gasteiger partial charge in [0.2, 0.25) is 0 Å². The number of hydrogen-bond donors (Lipinski definition) is 1. The van der Waals surface area contributed by atoms with E-state index in [1.54, 1.807) is 17.9 Å². The van der Waals surface area contributed by atoms with Crippen molar-refractivity contribution in [3.63, 3.8) is 0 Å². The van der Waals surface area contributed by atoms with E-state index in [4.69, 9.17) is 4.74 Å². The van der Waals surface area contributed by atoms with E-state index in [0.29, 0.717) is 5.56 Å². The standard InChI is InChI=1S/C13H22N2O3/c1-6-10-9(7-15(4)14-10)12(16)11(8(2)3)13(17)18-5/h7-8,11-12,16H,6H2,1-5H3. The van der Waals surface area contributed by atoms with Crippen molar-refractivity contribution in [1.82, 2.24) is 9.78 Å². The fourth-order valence-electron chi connectivity index (χ4n) is 2.17. The minimum Gasteiger partial charge on any atom is -0.469 e. The molecule has 0 spiro atoms. The number of esters is 1. The molecule has 0 aliphatic rings. The topological polar surface area (TPSA) is 64.3 Å². The maximum absolute atomic E-state index is 11.8. The van der Waals surface area contributed by atoms with Crippen LogP contribution in [0.5, 0.6) is 0 Å². The van der Waals surface area contributed by atoms with E-state index in [0.717, 1.165) is 12.1 Å². The number of aliphatic hydroxyl groups excluding tert-OH is 1. The summed E-state index contributed by atoms with van der Waals surface area (Å²) in [5.74, 6) is -0.953. The largest absolute Gasteiger partial charge is 0.469 e. The van der Waals surface area contributed by atoms with Crippen molar-refractivity contribution in [2.75, 3.05) is 7.11 Å². The molecule has 2 atom stereocenters. The van der Waals surface area contributed by atoms with Crippen LogP contribution in [0.2, 0.25) is 0 Å². The fourth-order valence-corrected chi connectivity index (χ4v) is 2.17. The lowest BCUT2D eigenvalue weighted by atomic mass is 9.86. The van der Waals surface area contributed by atoms with Crippen LogP contribution >= 0.6 is 0 Å². The van der Waals surface area contributed by atoms with Gasteiger partial charge in [0, 0.05) is 18.8 Å². The van der Waals surface area contributed by atoms with Gasteiger partial charge < -0.3 is 9.84 Å². The zero-order valence-corrected chi connectivity index (χ0v) is 11.7. The molecule has 0 amide bonds. The molecule has 1 N–H and O–H groups in total. The first-order valence-corrected chi connectivity index (χ1v) is 6.20. The molecule has 5 heteroatoms. The number of methoxy groups -OCH3 is 1. The Kier molecular flexibility index (Phi) is 4.90. The number of carbonyl (C=O) groups is 1. The summed E-state index contributed by atoms with van der Waals surface area (Å²) in [7, 11) is 3.15. The molecule has 1 aromatic rings. The predicted molar refractivity (Wildman–Crippen MR) is 67.9 cm³/mol. The zero-order valence-electron chi connectivity index (χ0n) is 11.7. The third-order valence-corrected chi connectivity index (χ3v) is 3.12. The number of nitrogens with zero attached hydrogens (tertiary/aromatic N) is 2. The maximum Gasteiger partial charge on any atom is 0.311 e. The zero-order chi connectivity index (χ0) is 13.9. The Labute approximate surface area is 108 Å². The molecule has 0 aromatic carbocycles. The molecule has 0 saturated heterocycles. The van der Waals surface area contributed by atoms with Gasteiger partial charge in [0.25, 0.3) is 0 Å². The second-order valence-corrected chi connectivity index (χ2v) is 4.80. The first kappa shape index (κ1) is 14.7. The molecule has 1 heterocycles. The summed E-state index contributed by atoms with van der Waals surface area (Å²) in [6.07, 6.45) is 1.61. The lowest BCUT2D eigenvalue weighted by Gasteiger charge is -2.23. The van der Waals surface area contributed by atoms with E-state index in [1.807, 2.05) is 20.8 Å². The van der Waals surface area contributed by atoms with E-state index in [1.165, 1.54) is 7.11 Å². The van der Waals surface area contributed by atoms with Crippen LogP contribution in [-0.4, -0.2) is 28.0 Å².